The largest absolute Gasteiger partial charge is 0.493 e. The maximum Gasteiger partial charge on any atom is 0.387 e. The Labute approximate surface area is 175 Å². The lowest BCUT2D eigenvalue weighted by molar-refractivity contribution is -0.0515. The number of piperazine rings is 1. The summed E-state index contributed by atoms with van der Waals surface area (Å²) in [5, 5.41) is 2.79. The van der Waals surface area contributed by atoms with Gasteiger partial charge in [-0.1, -0.05) is 36.4 Å². The lowest BCUT2D eigenvalue weighted by atomic mass is 10.1. The molecule has 0 radical (unpaired) electrons. The minimum Gasteiger partial charge on any atom is -0.493 e. The molecular formula is C22H27F2N3O3. The van der Waals surface area contributed by atoms with Crippen molar-refractivity contribution in [2.45, 2.75) is 13.2 Å². The van der Waals surface area contributed by atoms with Gasteiger partial charge in [-0.05, 0) is 17.7 Å². The second-order valence-electron chi connectivity index (χ2n) is 7.07. The van der Waals surface area contributed by atoms with Crippen molar-refractivity contribution in [3.8, 4) is 11.5 Å². The van der Waals surface area contributed by atoms with E-state index < -0.39 is 12.5 Å². The highest BCUT2D eigenvalue weighted by atomic mass is 19.3. The Morgan fingerprint density at radius 1 is 1.03 bits per heavy atom. The number of amides is 1. The number of methoxy groups -OCH3 is 1. The molecule has 1 heterocycles. The Bertz CT molecular complexity index is 813. The molecule has 0 spiro atoms. The topological polar surface area (TPSA) is 54.0 Å². The third-order valence-electron chi connectivity index (χ3n) is 5.08. The molecule has 2 aromatic carbocycles. The van der Waals surface area contributed by atoms with Crippen molar-refractivity contribution in [3.63, 3.8) is 0 Å². The van der Waals surface area contributed by atoms with Gasteiger partial charge in [0.1, 0.15) is 0 Å². The lowest BCUT2D eigenvalue weighted by Gasteiger charge is -2.34. The highest BCUT2D eigenvalue weighted by molar-refractivity contribution is 5.97. The van der Waals surface area contributed by atoms with Crippen LogP contribution < -0.4 is 14.8 Å². The summed E-state index contributed by atoms with van der Waals surface area (Å²) in [5.41, 5.74) is 1.33. The number of alkyl halides is 2. The van der Waals surface area contributed by atoms with Gasteiger partial charge in [0.2, 0.25) is 0 Å². The van der Waals surface area contributed by atoms with Gasteiger partial charge in [-0.25, -0.2) is 0 Å². The molecule has 0 aromatic heterocycles. The molecule has 1 N–H and O–H groups in total. The van der Waals surface area contributed by atoms with Crippen LogP contribution in [0, 0.1) is 0 Å². The predicted octanol–water partition coefficient (Wildman–Crippen LogP) is 2.84. The van der Waals surface area contributed by atoms with E-state index in [4.69, 9.17) is 4.74 Å². The van der Waals surface area contributed by atoms with E-state index in [0.29, 0.717) is 13.1 Å². The average molecular weight is 419 g/mol. The summed E-state index contributed by atoms with van der Waals surface area (Å²) in [6.07, 6.45) is 0. The van der Waals surface area contributed by atoms with E-state index in [1.54, 1.807) is 6.07 Å². The first-order valence-electron chi connectivity index (χ1n) is 9.95. The Morgan fingerprint density at radius 2 is 1.73 bits per heavy atom. The minimum atomic E-state index is -3.04. The zero-order valence-corrected chi connectivity index (χ0v) is 17.0. The lowest BCUT2D eigenvalue weighted by Crippen LogP contribution is -2.48. The van der Waals surface area contributed by atoms with Gasteiger partial charge in [0.25, 0.3) is 5.91 Å². The van der Waals surface area contributed by atoms with Crippen LogP contribution in [0.2, 0.25) is 0 Å². The first kappa shape index (κ1) is 22.0. The van der Waals surface area contributed by atoms with Crippen molar-refractivity contribution in [3.05, 3.63) is 59.7 Å². The van der Waals surface area contributed by atoms with Crippen molar-refractivity contribution in [1.82, 2.24) is 15.1 Å². The van der Waals surface area contributed by atoms with Crippen molar-refractivity contribution >= 4 is 5.91 Å². The van der Waals surface area contributed by atoms with Gasteiger partial charge in [-0.2, -0.15) is 8.78 Å². The van der Waals surface area contributed by atoms with Crippen LogP contribution in [-0.2, 0) is 6.54 Å². The van der Waals surface area contributed by atoms with Crippen molar-refractivity contribution in [2.24, 2.45) is 0 Å². The fourth-order valence-electron chi connectivity index (χ4n) is 3.50. The molecule has 1 amide bonds. The smallest absolute Gasteiger partial charge is 0.387 e. The molecular weight excluding hydrogens is 392 g/mol. The summed E-state index contributed by atoms with van der Waals surface area (Å²) in [6.45, 7) is 2.77. The summed E-state index contributed by atoms with van der Waals surface area (Å²) in [6, 6.07) is 14.9. The molecule has 0 atom stereocenters. The highest BCUT2D eigenvalue weighted by Gasteiger charge is 2.21. The molecule has 0 unspecified atom stereocenters. The first-order chi connectivity index (χ1) is 14.6. The van der Waals surface area contributed by atoms with E-state index >= 15 is 0 Å². The van der Waals surface area contributed by atoms with Crippen molar-refractivity contribution in [1.29, 1.82) is 0 Å². The Balaban J connectivity index is 1.45. The summed E-state index contributed by atoms with van der Waals surface area (Å²) in [7, 11) is 1.34. The molecule has 1 saturated heterocycles. The second kappa shape index (κ2) is 10.9. The summed E-state index contributed by atoms with van der Waals surface area (Å²) < 4.78 is 35.0. The van der Waals surface area contributed by atoms with Gasteiger partial charge >= 0.3 is 6.61 Å². The highest BCUT2D eigenvalue weighted by Crippen LogP contribution is 2.32. The van der Waals surface area contributed by atoms with E-state index in [9.17, 15) is 13.6 Å². The normalized spacial score (nSPS) is 15.2. The molecule has 0 aliphatic carbocycles. The molecule has 0 saturated carbocycles. The molecule has 162 valence electrons. The van der Waals surface area contributed by atoms with Crippen LogP contribution in [0.4, 0.5) is 8.78 Å². The molecule has 8 heteroatoms. The van der Waals surface area contributed by atoms with Crippen LogP contribution >= 0.6 is 0 Å². The first-order valence-corrected chi connectivity index (χ1v) is 9.95. The van der Waals surface area contributed by atoms with Crippen LogP contribution in [0.5, 0.6) is 11.5 Å². The number of rotatable bonds is 9. The Kier molecular flexibility index (Phi) is 7.98. The Hall–Kier alpha value is -2.71. The zero-order valence-electron chi connectivity index (χ0n) is 17.0. The molecule has 30 heavy (non-hydrogen) atoms. The maximum atomic E-state index is 12.7. The van der Waals surface area contributed by atoms with Gasteiger partial charge in [0.05, 0.1) is 12.7 Å². The van der Waals surface area contributed by atoms with Crippen molar-refractivity contribution < 1.29 is 23.0 Å². The number of halogens is 2. The summed E-state index contributed by atoms with van der Waals surface area (Å²) in [4.78, 5) is 17.2. The van der Waals surface area contributed by atoms with Gasteiger partial charge in [0, 0.05) is 45.8 Å². The fraction of sp³-hybridized carbons (Fsp3) is 0.409. The minimum absolute atomic E-state index is 0.0299. The number of para-hydroxylation sites is 1. The van der Waals surface area contributed by atoms with Gasteiger partial charge in [-0.3, -0.25) is 14.6 Å². The van der Waals surface area contributed by atoms with E-state index in [1.165, 1.54) is 24.8 Å². The molecule has 6 nitrogen and oxygen atoms in total. The molecule has 1 aliphatic rings. The van der Waals surface area contributed by atoms with Gasteiger partial charge < -0.3 is 14.8 Å². The van der Waals surface area contributed by atoms with Crippen LogP contribution in [-0.4, -0.2) is 68.7 Å². The number of hydrogen-bond donors (Lipinski definition) is 1. The zero-order chi connectivity index (χ0) is 21.3. The molecule has 3 rings (SSSR count). The SMILES string of the molecule is COc1cccc(C(=O)NCCN2CCN(Cc3ccccc3)CC2)c1OC(F)F. The third-order valence-corrected chi connectivity index (χ3v) is 5.08. The molecule has 1 fully saturated rings. The van der Waals surface area contributed by atoms with Crippen LogP contribution in [0.3, 0.4) is 0 Å². The fourth-order valence-corrected chi connectivity index (χ4v) is 3.50. The standard InChI is InChI=1S/C22H27F2N3O3/c1-29-19-9-5-8-18(20(19)30-22(23)24)21(28)25-10-11-26-12-14-27(15-13-26)16-17-6-3-2-4-7-17/h2-9,22H,10-16H2,1H3,(H,25,28). The number of benzene rings is 2. The quantitative estimate of drug-likeness (QED) is 0.678. The molecule has 1 aliphatic heterocycles. The number of carbonyl (C=O) groups is 1. The third kappa shape index (κ3) is 6.14. The van der Waals surface area contributed by atoms with E-state index in [1.807, 2.05) is 18.2 Å². The number of nitrogens with zero attached hydrogens (tertiary/aromatic N) is 2. The van der Waals surface area contributed by atoms with Crippen molar-refractivity contribution in [2.75, 3.05) is 46.4 Å². The van der Waals surface area contributed by atoms with E-state index in [-0.39, 0.29) is 17.1 Å². The van der Waals surface area contributed by atoms with Crippen LogP contribution in [0.15, 0.2) is 48.5 Å². The van der Waals surface area contributed by atoms with E-state index in [2.05, 4.69) is 32.0 Å². The maximum absolute atomic E-state index is 12.7. The predicted molar refractivity (Wildman–Crippen MR) is 110 cm³/mol. The van der Waals surface area contributed by atoms with Crippen LogP contribution in [0.1, 0.15) is 15.9 Å². The monoisotopic (exact) mass is 419 g/mol. The summed E-state index contributed by atoms with van der Waals surface area (Å²) >= 11 is 0. The second-order valence-corrected chi connectivity index (χ2v) is 7.07. The van der Waals surface area contributed by atoms with Gasteiger partial charge in [0.15, 0.2) is 11.5 Å². The molecule has 2 aromatic rings. The number of ether oxygens (including phenoxy) is 2. The van der Waals surface area contributed by atoms with Crippen LogP contribution in [0.25, 0.3) is 0 Å². The van der Waals surface area contributed by atoms with E-state index in [0.717, 1.165) is 32.7 Å². The summed E-state index contributed by atoms with van der Waals surface area (Å²) in [5.74, 6) is -0.619. The Morgan fingerprint density at radius 3 is 2.40 bits per heavy atom. The molecule has 0 bridgehead atoms. The van der Waals surface area contributed by atoms with Gasteiger partial charge in [-0.15, -0.1) is 0 Å². The number of nitrogens with one attached hydrogen (secondary N) is 1. The average Bonchev–Trinajstić information content (AvgIpc) is 2.75. The number of hydrogen-bond acceptors (Lipinski definition) is 5. The number of carbonyl (C=O) groups excluding carboxylic acids is 1.